The summed E-state index contributed by atoms with van der Waals surface area (Å²) in [5, 5.41) is 23.6. The van der Waals surface area contributed by atoms with Crippen LogP contribution in [0.2, 0.25) is 0 Å². The van der Waals surface area contributed by atoms with Gasteiger partial charge in [0, 0.05) is 6.42 Å². The van der Waals surface area contributed by atoms with Crippen molar-refractivity contribution in [2.75, 3.05) is 6.61 Å². The molecular formula is C51H91NO5. The first-order valence-electron chi connectivity index (χ1n) is 24.1. The van der Waals surface area contributed by atoms with Gasteiger partial charge in [-0.15, -0.1) is 0 Å². The van der Waals surface area contributed by atoms with E-state index in [2.05, 4.69) is 80.8 Å². The molecule has 57 heavy (non-hydrogen) atoms. The zero-order valence-electron chi connectivity index (χ0n) is 37.5. The number of carbonyl (C=O) groups is 2. The molecule has 3 atom stereocenters. The van der Waals surface area contributed by atoms with E-state index in [1.165, 1.54) is 103 Å². The molecule has 6 heteroatoms. The van der Waals surface area contributed by atoms with E-state index in [-0.39, 0.29) is 24.9 Å². The summed E-state index contributed by atoms with van der Waals surface area (Å²) in [4.78, 5) is 26.0. The number of amides is 1. The molecule has 3 unspecified atom stereocenters. The Bertz CT molecular complexity index is 1030. The minimum absolute atomic E-state index is 0.0469. The Hall–Kier alpha value is -2.44. The van der Waals surface area contributed by atoms with Crippen LogP contribution in [0.25, 0.3) is 0 Å². The molecule has 0 aromatic rings. The van der Waals surface area contributed by atoms with Gasteiger partial charge in [-0.3, -0.25) is 9.59 Å². The normalized spacial score (nSPS) is 13.8. The second-order valence-corrected chi connectivity index (χ2v) is 16.2. The molecule has 0 heterocycles. The highest BCUT2D eigenvalue weighted by Gasteiger charge is 2.24. The number of ether oxygens (including phenoxy) is 1. The Balaban J connectivity index is 4.72. The van der Waals surface area contributed by atoms with E-state index < -0.39 is 18.2 Å². The summed E-state index contributed by atoms with van der Waals surface area (Å²) in [7, 11) is 0. The van der Waals surface area contributed by atoms with Gasteiger partial charge in [-0.1, -0.05) is 197 Å². The fraction of sp³-hybridized carbons (Fsp3) is 0.765. The lowest BCUT2D eigenvalue weighted by Gasteiger charge is -2.24. The highest BCUT2D eigenvalue weighted by Crippen LogP contribution is 2.17. The average Bonchev–Trinajstić information content (AvgIpc) is 3.20. The molecule has 0 aromatic carbocycles. The van der Waals surface area contributed by atoms with Gasteiger partial charge in [-0.05, 0) is 77.0 Å². The van der Waals surface area contributed by atoms with Crippen LogP contribution in [0.5, 0.6) is 0 Å². The molecule has 0 bridgehead atoms. The molecule has 0 radical (unpaired) electrons. The third-order valence-electron chi connectivity index (χ3n) is 10.7. The summed E-state index contributed by atoms with van der Waals surface area (Å²) in [6.07, 6.45) is 54.1. The van der Waals surface area contributed by atoms with Gasteiger partial charge in [0.05, 0.1) is 25.2 Å². The predicted molar refractivity (Wildman–Crippen MR) is 245 cm³/mol. The molecule has 0 aliphatic rings. The van der Waals surface area contributed by atoms with E-state index in [1.807, 2.05) is 6.08 Å². The van der Waals surface area contributed by atoms with Crippen molar-refractivity contribution in [3.8, 4) is 0 Å². The van der Waals surface area contributed by atoms with Crippen molar-refractivity contribution < 1.29 is 24.5 Å². The van der Waals surface area contributed by atoms with Crippen LogP contribution in [0.3, 0.4) is 0 Å². The molecular weight excluding hydrogens is 707 g/mol. The van der Waals surface area contributed by atoms with Crippen LogP contribution in [0.4, 0.5) is 0 Å². The number of hydrogen-bond acceptors (Lipinski definition) is 5. The van der Waals surface area contributed by atoms with Crippen molar-refractivity contribution in [3.05, 3.63) is 60.8 Å². The minimum Gasteiger partial charge on any atom is -0.462 e. The Kier molecular flexibility index (Phi) is 42.7. The summed E-state index contributed by atoms with van der Waals surface area (Å²) in [6.45, 7) is 6.38. The van der Waals surface area contributed by atoms with E-state index >= 15 is 0 Å². The molecule has 330 valence electrons. The molecule has 0 fully saturated rings. The molecule has 3 N–H and O–H groups in total. The maximum Gasteiger partial charge on any atom is 0.306 e. The quantitative estimate of drug-likeness (QED) is 0.0247. The maximum atomic E-state index is 13.1. The lowest BCUT2D eigenvalue weighted by Crippen LogP contribution is -2.46. The number of aliphatic hydroxyl groups excluding tert-OH is 2. The highest BCUT2D eigenvalue weighted by atomic mass is 16.5. The third kappa shape index (κ3) is 40.1. The van der Waals surface area contributed by atoms with Crippen molar-refractivity contribution in [3.63, 3.8) is 0 Å². The maximum absolute atomic E-state index is 13.1. The van der Waals surface area contributed by atoms with E-state index in [0.29, 0.717) is 19.3 Å². The van der Waals surface area contributed by atoms with Crippen molar-refractivity contribution in [1.29, 1.82) is 0 Å². The van der Waals surface area contributed by atoms with Gasteiger partial charge in [0.1, 0.15) is 6.10 Å². The number of carbonyl (C=O) groups excluding carboxylic acids is 2. The van der Waals surface area contributed by atoms with E-state index in [9.17, 15) is 19.8 Å². The summed E-state index contributed by atoms with van der Waals surface area (Å²) >= 11 is 0. The topological polar surface area (TPSA) is 95.9 Å². The molecule has 0 aliphatic heterocycles. The number of unbranched alkanes of at least 4 members (excludes halogenated alkanes) is 23. The zero-order chi connectivity index (χ0) is 41.7. The number of esters is 1. The molecule has 0 rings (SSSR count). The number of rotatable bonds is 42. The number of hydrogen-bond donors (Lipinski definition) is 3. The van der Waals surface area contributed by atoms with Crippen molar-refractivity contribution in [1.82, 2.24) is 5.32 Å². The summed E-state index contributed by atoms with van der Waals surface area (Å²) in [6, 6.07) is -0.715. The fourth-order valence-electron chi connectivity index (χ4n) is 6.96. The van der Waals surface area contributed by atoms with Crippen LogP contribution < -0.4 is 5.32 Å². The first-order chi connectivity index (χ1) is 28.0. The van der Waals surface area contributed by atoms with Crippen LogP contribution in [0, 0.1) is 0 Å². The largest absolute Gasteiger partial charge is 0.462 e. The fourth-order valence-corrected chi connectivity index (χ4v) is 6.96. The summed E-state index contributed by atoms with van der Waals surface area (Å²) < 4.78 is 5.89. The third-order valence-corrected chi connectivity index (χ3v) is 10.7. The van der Waals surface area contributed by atoms with Crippen molar-refractivity contribution in [2.45, 2.75) is 244 Å². The molecule has 0 saturated carbocycles. The summed E-state index contributed by atoms with van der Waals surface area (Å²) in [5.74, 6) is -0.526. The number of nitrogens with one attached hydrogen (secondary N) is 1. The van der Waals surface area contributed by atoms with Gasteiger partial charge in [0.25, 0.3) is 0 Å². The van der Waals surface area contributed by atoms with Gasteiger partial charge in [0.2, 0.25) is 5.91 Å². The molecule has 1 amide bonds. The molecule has 0 spiro atoms. The first kappa shape index (κ1) is 54.6. The van der Waals surface area contributed by atoms with Crippen LogP contribution in [-0.2, 0) is 14.3 Å². The van der Waals surface area contributed by atoms with Gasteiger partial charge in [0.15, 0.2) is 0 Å². The van der Waals surface area contributed by atoms with Crippen LogP contribution in [-0.4, -0.2) is 46.9 Å². The van der Waals surface area contributed by atoms with Crippen molar-refractivity contribution >= 4 is 11.9 Å². The average molecular weight is 798 g/mol. The Morgan fingerprint density at radius 1 is 0.509 bits per heavy atom. The highest BCUT2D eigenvalue weighted by molar-refractivity contribution is 5.77. The van der Waals surface area contributed by atoms with E-state index in [0.717, 1.165) is 77.0 Å². The van der Waals surface area contributed by atoms with Gasteiger partial charge < -0.3 is 20.3 Å². The smallest absolute Gasteiger partial charge is 0.306 e. The zero-order valence-corrected chi connectivity index (χ0v) is 37.5. The Morgan fingerprint density at radius 2 is 0.912 bits per heavy atom. The molecule has 0 saturated heterocycles. The minimum atomic E-state index is -0.799. The standard InChI is InChI=1S/C51H91NO5/c1-4-7-10-13-16-19-22-24-25-26-27-28-30-33-36-39-42-47(57-51(56)44-41-38-35-32-29-23-20-17-14-11-8-5-2)45-50(55)52-48(46-53)49(54)43-40-37-34-31-21-18-15-12-9-6-3/h16-17,19-20,22,24-28,47-49,53-54H,4-15,18,21,23,29-46H2,1-3H3,(H,52,55)/b19-16+,20-17-,24-22+,26-25+,28-27+. The molecule has 6 nitrogen and oxygen atoms in total. The summed E-state index contributed by atoms with van der Waals surface area (Å²) in [5.41, 5.74) is 0. The number of aliphatic hydroxyl groups is 2. The SMILES string of the molecule is CCCCC/C=C\CCCCCCCC(=O)OC(CCCCC/C=C/C=C/C=C/C=C/CCCCC)CC(=O)NC(CO)C(O)CCCCCCCCCCCC. The predicted octanol–water partition coefficient (Wildman–Crippen LogP) is 14.1. The Morgan fingerprint density at radius 3 is 1.46 bits per heavy atom. The van der Waals surface area contributed by atoms with Crippen LogP contribution in [0.15, 0.2) is 60.8 Å². The van der Waals surface area contributed by atoms with E-state index in [4.69, 9.17) is 4.74 Å². The van der Waals surface area contributed by atoms with Crippen LogP contribution >= 0.6 is 0 Å². The monoisotopic (exact) mass is 798 g/mol. The van der Waals surface area contributed by atoms with Gasteiger partial charge in [-0.2, -0.15) is 0 Å². The first-order valence-corrected chi connectivity index (χ1v) is 24.1. The van der Waals surface area contributed by atoms with Gasteiger partial charge >= 0.3 is 5.97 Å². The molecule has 0 aromatic heterocycles. The van der Waals surface area contributed by atoms with Gasteiger partial charge in [-0.25, -0.2) is 0 Å². The second kappa shape index (κ2) is 44.7. The van der Waals surface area contributed by atoms with Crippen molar-refractivity contribution in [2.24, 2.45) is 0 Å². The Labute approximate surface area is 352 Å². The lowest BCUT2D eigenvalue weighted by molar-refractivity contribution is -0.151. The number of allylic oxidation sites excluding steroid dienone is 10. The van der Waals surface area contributed by atoms with Crippen LogP contribution in [0.1, 0.15) is 226 Å². The lowest BCUT2D eigenvalue weighted by atomic mass is 10.0. The second-order valence-electron chi connectivity index (χ2n) is 16.2. The van der Waals surface area contributed by atoms with E-state index in [1.54, 1.807) is 0 Å². The molecule has 0 aliphatic carbocycles.